The second kappa shape index (κ2) is 8.23. The van der Waals surface area contributed by atoms with Crippen LogP contribution in [0, 0.1) is 0 Å². The van der Waals surface area contributed by atoms with Crippen molar-refractivity contribution in [2.75, 3.05) is 21.3 Å². The number of halogens is 2. The fraction of sp³-hybridized carbons (Fsp3) is 0.222. The van der Waals surface area contributed by atoms with E-state index in [2.05, 4.69) is 4.74 Å². The van der Waals surface area contributed by atoms with E-state index in [4.69, 9.17) is 14.2 Å². The van der Waals surface area contributed by atoms with Gasteiger partial charge < -0.3 is 24.1 Å². The molecule has 0 heterocycles. The number of ether oxygens (including phenoxy) is 4. The molecule has 0 saturated heterocycles. The molecule has 0 saturated carbocycles. The molecule has 0 aliphatic heterocycles. The molecule has 0 spiro atoms. The SMILES string of the molecule is COc1cc(/C=C\c2ccc(OC(F)F)c(O)c2)cc(OC)c1OC. The molecule has 7 heteroatoms. The lowest BCUT2D eigenvalue weighted by Crippen LogP contribution is -2.01. The van der Waals surface area contributed by atoms with Crippen LogP contribution < -0.4 is 18.9 Å². The Balaban J connectivity index is 2.28. The molecule has 0 unspecified atom stereocenters. The monoisotopic (exact) mass is 352 g/mol. The average molecular weight is 352 g/mol. The third kappa shape index (κ3) is 4.53. The van der Waals surface area contributed by atoms with Gasteiger partial charge in [-0.1, -0.05) is 18.2 Å². The Morgan fingerprint density at radius 2 is 1.44 bits per heavy atom. The molecule has 25 heavy (non-hydrogen) atoms. The van der Waals surface area contributed by atoms with Crippen molar-refractivity contribution in [3.05, 3.63) is 41.5 Å². The highest BCUT2D eigenvalue weighted by Gasteiger charge is 2.12. The summed E-state index contributed by atoms with van der Waals surface area (Å²) in [5.41, 5.74) is 1.37. The van der Waals surface area contributed by atoms with Gasteiger partial charge in [-0.05, 0) is 35.4 Å². The highest BCUT2D eigenvalue weighted by Crippen LogP contribution is 2.38. The summed E-state index contributed by atoms with van der Waals surface area (Å²) in [6.45, 7) is -2.99. The Kier molecular flexibility index (Phi) is 6.05. The maximum Gasteiger partial charge on any atom is 0.387 e. The summed E-state index contributed by atoms with van der Waals surface area (Å²) in [6.07, 6.45) is 3.46. The van der Waals surface area contributed by atoms with Gasteiger partial charge in [0.15, 0.2) is 23.0 Å². The molecule has 0 bridgehead atoms. The van der Waals surface area contributed by atoms with Gasteiger partial charge in [-0.15, -0.1) is 0 Å². The summed E-state index contributed by atoms with van der Waals surface area (Å²) in [5.74, 6) is 0.843. The number of hydrogen-bond acceptors (Lipinski definition) is 5. The van der Waals surface area contributed by atoms with Crippen LogP contribution >= 0.6 is 0 Å². The molecule has 0 amide bonds. The Morgan fingerprint density at radius 3 is 1.92 bits per heavy atom. The molecule has 2 aromatic carbocycles. The topological polar surface area (TPSA) is 57.2 Å². The van der Waals surface area contributed by atoms with Crippen LogP contribution in [0.5, 0.6) is 28.7 Å². The first-order valence-corrected chi connectivity index (χ1v) is 7.24. The Bertz CT molecular complexity index is 734. The zero-order chi connectivity index (χ0) is 18.4. The lowest BCUT2D eigenvalue weighted by molar-refractivity contribution is -0.0512. The summed E-state index contributed by atoms with van der Waals surface area (Å²) in [4.78, 5) is 0. The van der Waals surface area contributed by atoms with E-state index in [-0.39, 0.29) is 11.5 Å². The summed E-state index contributed by atoms with van der Waals surface area (Å²) >= 11 is 0. The van der Waals surface area contributed by atoms with E-state index in [0.29, 0.717) is 22.8 Å². The number of phenolic OH excluding ortho intramolecular Hbond substituents is 1. The van der Waals surface area contributed by atoms with Crippen molar-refractivity contribution < 1.29 is 32.8 Å². The van der Waals surface area contributed by atoms with E-state index >= 15 is 0 Å². The fourth-order valence-electron chi connectivity index (χ4n) is 2.22. The zero-order valence-electron chi connectivity index (χ0n) is 14.0. The van der Waals surface area contributed by atoms with Crippen molar-refractivity contribution in [1.29, 1.82) is 0 Å². The molecule has 0 aromatic heterocycles. The van der Waals surface area contributed by atoms with Crippen molar-refractivity contribution >= 4 is 12.2 Å². The maximum atomic E-state index is 12.2. The van der Waals surface area contributed by atoms with Gasteiger partial charge in [-0.2, -0.15) is 8.78 Å². The van der Waals surface area contributed by atoms with Gasteiger partial charge in [-0.3, -0.25) is 0 Å². The minimum Gasteiger partial charge on any atom is -0.504 e. The third-order valence-corrected chi connectivity index (χ3v) is 3.35. The number of methoxy groups -OCH3 is 3. The van der Waals surface area contributed by atoms with Gasteiger partial charge in [0.05, 0.1) is 21.3 Å². The third-order valence-electron chi connectivity index (χ3n) is 3.35. The summed E-state index contributed by atoms with van der Waals surface area (Å²) in [5, 5.41) is 9.72. The van der Waals surface area contributed by atoms with Crippen molar-refractivity contribution in [3.8, 4) is 28.7 Å². The van der Waals surface area contributed by atoms with Crippen LogP contribution in [-0.4, -0.2) is 33.0 Å². The van der Waals surface area contributed by atoms with Gasteiger partial charge in [0.1, 0.15) is 0 Å². The molecule has 134 valence electrons. The first kappa shape index (κ1) is 18.4. The first-order chi connectivity index (χ1) is 12.0. The smallest absolute Gasteiger partial charge is 0.387 e. The van der Waals surface area contributed by atoms with Crippen LogP contribution in [0.4, 0.5) is 8.78 Å². The van der Waals surface area contributed by atoms with Crippen molar-refractivity contribution in [1.82, 2.24) is 0 Å². The Morgan fingerprint density at radius 1 is 0.840 bits per heavy atom. The van der Waals surface area contributed by atoms with Crippen LogP contribution in [0.3, 0.4) is 0 Å². The predicted molar refractivity (Wildman–Crippen MR) is 89.8 cm³/mol. The molecule has 1 N–H and O–H groups in total. The van der Waals surface area contributed by atoms with Gasteiger partial charge >= 0.3 is 6.61 Å². The minimum absolute atomic E-state index is 0.278. The van der Waals surface area contributed by atoms with Crippen LogP contribution in [0.15, 0.2) is 30.3 Å². The fourth-order valence-corrected chi connectivity index (χ4v) is 2.22. The highest BCUT2D eigenvalue weighted by molar-refractivity contribution is 5.73. The molecule has 0 radical (unpaired) electrons. The quantitative estimate of drug-likeness (QED) is 0.757. The number of phenols is 1. The molecule has 0 aliphatic rings. The summed E-state index contributed by atoms with van der Waals surface area (Å²) in [7, 11) is 4.55. The number of rotatable bonds is 7. The van der Waals surface area contributed by atoms with E-state index in [1.54, 1.807) is 30.4 Å². The molecule has 0 atom stereocenters. The largest absolute Gasteiger partial charge is 0.504 e. The Hall–Kier alpha value is -2.96. The Labute approximate surface area is 144 Å². The lowest BCUT2D eigenvalue weighted by Gasteiger charge is -2.12. The normalized spacial score (nSPS) is 11.0. The van der Waals surface area contributed by atoms with Gasteiger partial charge in [0.2, 0.25) is 5.75 Å². The summed E-state index contributed by atoms with van der Waals surface area (Å²) < 4.78 is 44.4. The molecule has 0 fully saturated rings. The number of benzene rings is 2. The lowest BCUT2D eigenvalue weighted by atomic mass is 10.1. The molecular formula is C18H18F2O5. The van der Waals surface area contributed by atoms with Crippen LogP contribution in [0.2, 0.25) is 0 Å². The van der Waals surface area contributed by atoms with E-state index in [1.165, 1.54) is 33.5 Å². The molecular weight excluding hydrogens is 334 g/mol. The van der Waals surface area contributed by atoms with Crippen molar-refractivity contribution in [2.45, 2.75) is 6.61 Å². The predicted octanol–water partition coefficient (Wildman–Crippen LogP) is 4.19. The molecule has 2 aromatic rings. The van der Waals surface area contributed by atoms with Crippen LogP contribution in [-0.2, 0) is 0 Å². The molecule has 5 nitrogen and oxygen atoms in total. The zero-order valence-corrected chi connectivity index (χ0v) is 14.0. The average Bonchev–Trinajstić information content (AvgIpc) is 2.60. The maximum absolute atomic E-state index is 12.2. The van der Waals surface area contributed by atoms with E-state index in [1.807, 2.05) is 0 Å². The van der Waals surface area contributed by atoms with E-state index in [9.17, 15) is 13.9 Å². The van der Waals surface area contributed by atoms with Crippen LogP contribution in [0.25, 0.3) is 12.2 Å². The highest BCUT2D eigenvalue weighted by atomic mass is 19.3. The van der Waals surface area contributed by atoms with E-state index in [0.717, 1.165) is 5.56 Å². The first-order valence-electron chi connectivity index (χ1n) is 7.24. The standard InChI is InChI=1S/C18H18F2O5/c1-22-15-9-12(10-16(23-2)17(15)24-3)5-4-11-6-7-14(13(21)8-11)25-18(19)20/h4-10,18,21H,1-3H3/b5-4-. The van der Waals surface area contributed by atoms with Crippen LogP contribution in [0.1, 0.15) is 11.1 Å². The van der Waals surface area contributed by atoms with Crippen molar-refractivity contribution in [3.63, 3.8) is 0 Å². The number of hydrogen-bond donors (Lipinski definition) is 1. The van der Waals surface area contributed by atoms with Gasteiger partial charge in [0.25, 0.3) is 0 Å². The molecule has 2 rings (SSSR count). The molecule has 0 aliphatic carbocycles. The minimum atomic E-state index is -2.99. The second-order valence-corrected chi connectivity index (χ2v) is 4.90. The van der Waals surface area contributed by atoms with E-state index < -0.39 is 6.61 Å². The second-order valence-electron chi connectivity index (χ2n) is 4.90. The number of aromatic hydroxyl groups is 1. The van der Waals surface area contributed by atoms with Crippen molar-refractivity contribution in [2.24, 2.45) is 0 Å². The van der Waals surface area contributed by atoms with Gasteiger partial charge in [0, 0.05) is 0 Å². The number of alkyl halides is 2. The summed E-state index contributed by atoms with van der Waals surface area (Å²) in [6, 6.07) is 7.66. The van der Waals surface area contributed by atoms with Gasteiger partial charge in [-0.25, -0.2) is 0 Å².